The fraction of sp³-hybridized carbons (Fsp3) is 0.583. The molecule has 1 heterocycles. The van der Waals surface area contributed by atoms with Gasteiger partial charge in [-0.05, 0) is 43.2 Å². The van der Waals surface area contributed by atoms with E-state index < -0.39 is 0 Å². The average Bonchev–Trinajstić information content (AvgIpc) is 2.78. The van der Waals surface area contributed by atoms with Crippen molar-refractivity contribution in [3.8, 4) is 0 Å². The number of fused-ring (bicyclic) bond motifs is 1. The summed E-state index contributed by atoms with van der Waals surface area (Å²) in [5, 5.41) is 17.3. The fourth-order valence-corrected chi connectivity index (χ4v) is 3.40. The Morgan fingerprint density at radius 3 is 3.35 bits per heavy atom. The number of hydrogen-bond acceptors (Lipinski definition) is 4. The maximum absolute atomic E-state index is 8.55. The standard InChI is InChI=1S/C12H19N3OS/c1-8(7-12(13)15-16)14-10-3-2-4-11-9(10)5-6-17-11/h5-6,8,10,14,16H,2-4,7H2,1H3,(H2,13,15). The fourth-order valence-electron chi connectivity index (χ4n) is 2.42. The lowest BCUT2D eigenvalue weighted by atomic mass is 9.93. The highest BCUT2D eigenvalue weighted by Gasteiger charge is 2.22. The molecule has 0 fully saturated rings. The van der Waals surface area contributed by atoms with Crippen LogP contribution in [0.1, 0.15) is 42.7 Å². The van der Waals surface area contributed by atoms with Gasteiger partial charge in [0.05, 0.1) is 0 Å². The third-order valence-electron chi connectivity index (χ3n) is 3.18. The minimum atomic E-state index is 0.224. The van der Waals surface area contributed by atoms with Gasteiger partial charge in [0, 0.05) is 23.4 Å². The molecule has 0 aliphatic heterocycles. The summed E-state index contributed by atoms with van der Waals surface area (Å²) >= 11 is 1.85. The van der Waals surface area contributed by atoms with Crippen molar-refractivity contribution in [1.29, 1.82) is 0 Å². The molecule has 5 heteroatoms. The predicted molar refractivity (Wildman–Crippen MR) is 70.6 cm³/mol. The van der Waals surface area contributed by atoms with E-state index in [0.29, 0.717) is 12.5 Å². The second-order valence-electron chi connectivity index (χ2n) is 4.61. The first kappa shape index (κ1) is 12.4. The van der Waals surface area contributed by atoms with Gasteiger partial charge in [0.15, 0.2) is 0 Å². The number of rotatable bonds is 4. The number of oxime groups is 1. The molecule has 2 atom stereocenters. The minimum absolute atomic E-state index is 0.224. The summed E-state index contributed by atoms with van der Waals surface area (Å²) in [6, 6.07) is 2.86. The Kier molecular flexibility index (Phi) is 4.02. The van der Waals surface area contributed by atoms with Gasteiger partial charge in [-0.2, -0.15) is 0 Å². The third kappa shape index (κ3) is 2.98. The number of nitrogens with two attached hydrogens (primary N) is 1. The van der Waals surface area contributed by atoms with Crippen LogP contribution in [0.25, 0.3) is 0 Å². The first-order valence-corrected chi connectivity index (χ1v) is 6.87. The molecule has 0 saturated heterocycles. The molecule has 2 rings (SSSR count). The molecule has 0 saturated carbocycles. The molecule has 0 amide bonds. The Morgan fingerprint density at radius 1 is 1.76 bits per heavy atom. The smallest absolute Gasteiger partial charge is 0.140 e. The van der Waals surface area contributed by atoms with Crippen LogP contribution in [0, 0.1) is 0 Å². The summed E-state index contributed by atoms with van der Waals surface area (Å²) in [5.74, 6) is 0.284. The van der Waals surface area contributed by atoms with E-state index >= 15 is 0 Å². The zero-order valence-electron chi connectivity index (χ0n) is 10.0. The molecule has 0 bridgehead atoms. The van der Waals surface area contributed by atoms with E-state index in [1.807, 2.05) is 11.3 Å². The van der Waals surface area contributed by atoms with E-state index in [2.05, 4.69) is 28.8 Å². The summed E-state index contributed by atoms with van der Waals surface area (Å²) in [4.78, 5) is 1.50. The van der Waals surface area contributed by atoms with E-state index in [0.717, 1.165) is 0 Å². The number of aryl methyl sites for hydroxylation is 1. The number of nitrogens with zero attached hydrogens (tertiary/aromatic N) is 1. The van der Waals surface area contributed by atoms with Crippen molar-refractivity contribution in [3.05, 3.63) is 21.9 Å². The normalized spacial score (nSPS) is 22.2. The number of thiophene rings is 1. The van der Waals surface area contributed by atoms with E-state index in [1.165, 1.54) is 29.7 Å². The van der Waals surface area contributed by atoms with Crippen LogP contribution in [0.4, 0.5) is 0 Å². The molecule has 2 unspecified atom stereocenters. The van der Waals surface area contributed by atoms with E-state index in [-0.39, 0.29) is 11.9 Å². The quantitative estimate of drug-likeness (QED) is 0.333. The molecule has 1 aromatic heterocycles. The molecule has 17 heavy (non-hydrogen) atoms. The molecule has 1 aliphatic rings. The van der Waals surface area contributed by atoms with Crippen molar-refractivity contribution in [2.24, 2.45) is 10.9 Å². The number of amidine groups is 1. The molecule has 4 nitrogen and oxygen atoms in total. The molecule has 1 aliphatic carbocycles. The van der Waals surface area contributed by atoms with Crippen LogP contribution in [0.15, 0.2) is 16.6 Å². The highest BCUT2D eigenvalue weighted by Crippen LogP contribution is 2.33. The molecular weight excluding hydrogens is 234 g/mol. The lowest BCUT2D eigenvalue weighted by molar-refractivity contribution is 0.315. The maximum atomic E-state index is 8.55. The second-order valence-corrected chi connectivity index (χ2v) is 5.61. The summed E-state index contributed by atoms with van der Waals surface area (Å²) in [7, 11) is 0. The Bertz CT molecular complexity index is 402. The molecule has 0 radical (unpaired) electrons. The monoisotopic (exact) mass is 253 g/mol. The summed E-state index contributed by atoms with van der Waals surface area (Å²) < 4.78 is 0. The van der Waals surface area contributed by atoms with E-state index in [1.54, 1.807) is 0 Å². The molecule has 0 aromatic carbocycles. The highest BCUT2D eigenvalue weighted by atomic mass is 32.1. The van der Waals surface area contributed by atoms with E-state index in [9.17, 15) is 0 Å². The van der Waals surface area contributed by atoms with Crippen LogP contribution in [0.3, 0.4) is 0 Å². The molecular formula is C12H19N3OS. The Morgan fingerprint density at radius 2 is 2.59 bits per heavy atom. The SMILES string of the molecule is CC(CC(N)=NO)NC1CCCc2sccc21. The van der Waals surface area contributed by atoms with Gasteiger partial charge < -0.3 is 16.3 Å². The Balaban J connectivity index is 1.97. The van der Waals surface area contributed by atoms with Crippen LogP contribution >= 0.6 is 11.3 Å². The Hall–Kier alpha value is -1.07. The highest BCUT2D eigenvalue weighted by molar-refractivity contribution is 7.10. The van der Waals surface area contributed by atoms with E-state index in [4.69, 9.17) is 10.9 Å². The van der Waals surface area contributed by atoms with Crippen molar-refractivity contribution in [1.82, 2.24) is 5.32 Å². The van der Waals surface area contributed by atoms with Gasteiger partial charge >= 0.3 is 0 Å². The van der Waals surface area contributed by atoms with Crippen molar-refractivity contribution >= 4 is 17.2 Å². The molecule has 4 N–H and O–H groups in total. The molecule has 94 valence electrons. The molecule has 0 spiro atoms. The topological polar surface area (TPSA) is 70.6 Å². The van der Waals surface area contributed by atoms with Crippen LogP contribution in [0.2, 0.25) is 0 Å². The average molecular weight is 253 g/mol. The summed E-state index contributed by atoms with van der Waals surface area (Å²) in [6.45, 7) is 2.07. The van der Waals surface area contributed by atoms with Crippen LogP contribution in [-0.4, -0.2) is 17.1 Å². The second kappa shape index (κ2) is 5.51. The van der Waals surface area contributed by atoms with Gasteiger partial charge in [-0.15, -0.1) is 11.3 Å². The van der Waals surface area contributed by atoms with Gasteiger partial charge in [0.2, 0.25) is 0 Å². The summed E-state index contributed by atoms with van der Waals surface area (Å²) in [5.41, 5.74) is 6.95. The van der Waals surface area contributed by atoms with Gasteiger partial charge in [-0.25, -0.2) is 0 Å². The first-order chi connectivity index (χ1) is 8.20. The van der Waals surface area contributed by atoms with Crippen LogP contribution in [-0.2, 0) is 6.42 Å². The van der Waals surface area contributed by atoms with Crippen LogP contribution < -0.4 is 11.1 Å². The third-order valence-corrected chi connectivity index (χ3v) is 4.18. The van der Waals surface area contributed by atoms with Crippen molar-refractivity contribution in [2.75, 3.05) is 0 Å². The Labute approximate surface area is 106 Å². The van der Waals surface area contributed by atoms with Gasteiger partial charge in [-0.1, -0.05) is 5.16 Å². The zero-order valence-corrected chi connectivity index (χ0v) is 10.8. The predicted octanol–water partition coefficient (Wildman–Crippen LogP) is 2.24. The van der Waals surface area contributed by atoms with Gasteiger partial charge in [0.1, 0.15) is 5.84 Å². The first-order valence-electron chi connectivity index (χ1n) is 5.99. The number of hydrogen-bond donors (Lipinski definition) is 3. The van der Waals surface area contributed by atoms with Crippen molar-refractivity contribution in [2.45, 2.75) is 44.7 Å². The van der Waals surface area contributed by atoms with Crippen molar-refractivity contribution < 1.29 is 5.21 Å². The number of nitrogens with one attached hydrogen (secondary N) is 1. The zero-order chi connectivity index (χ0) is 12.3. The minimum Gasteiger partial charge on any atom is -0.409 e. The molecule has 1 aromatic rings. The van der Waals surface area contributed by atoms with Crippen LogP contribution in [0.5, 0.6) is 0 Å². The van der Waals surface area contributed by atoms with Gasteiger partial charge in [-0.3, -0.25) is 0 Å². The maximum Gasteiger partial charge on any atom is 0.140 e. The lowest BCUT2D eigenvalue weighted by Gasteiger charge is -2.27. The van der Waals surface area contributed by atoms with Gasteiger partial charge in [0.25, 0.3) is 0 Å². The van der Waals surface area contributed by atoms with Crippen molar-refractivity contribution in [3.63, 3.8) is 0 Å². The summed E-state index contributed by atoms with van der Waals surface area (Å²) in [6.07, 6.45) is 4.19. The lowest BCUT2D eigenvalue weighted by Crippen LogP contribution is -2.35. The largest absolute Gasteiger partial charge is 0.409 e.